The van der Waals surface area contributed by atoms with E-state index in [1.165, 1.54) is 0 Å². The molecule has 4 rings (SSSR count). The van der Waals surface area contributed by atoms with Gasteiger partial charge in [0.1, 0.15) is 30.4 Å². The molecule has 252 valence electrons. The highest BCUT2D eigenvalue weighted by molar-refractivity contribution is 9.11. The Balaban J connectivity index is 1.38. The third-order valence-corrected chi connectivity index (χ3v) is 8.23. The summed E-state index contributed by atoms with van der Waals surface area (Å²) in [5, 5.41) is 10.6. The Morgan fingerprint density at radius 3 is 2.27 bits per heavy atom. The highest BCUT2D eigenvalue weighted by Gasteiger charge is 2.19. The van der Waals surface area contributed by atoms with E-state index in [9.17, 15) is 9.59 Å². The molecule has 4 aromatic carbocycles. The standard InChI is InChI=1S/C36H36Br2ClN3O6/c1-45-31-14-10-27(11-15-31)24-48-42-33(35(43)40-18-16-25-8-12-30(39)13-9-25)21-28-20-29(37)22-32(38)34(28)46-19-5-17-41-36(44)47-23-26-6-3-2-4-7-26/h2-4,6-15,20,22H,5,16-19,21,23-24H2,1H3,(H,40,43)(H,41,44)/b42-33+. The Bertz CT molecular complexity index is 1660. The molecule has 0 aromatic heterocycles. The number of amides is 2. The van der Waals surface area contributed by atoms with Gasteiger partial charge in [-0.05, 0) is 81.9 Å². The quantitative estimate of drug-likeness (QED) is 0.0637. The summed E-state index contributed by atoms with van der Waals surface area (Å²) in [6.45, 7) is 1.42. The van der Waals surface area contributed by atoms with Gasteiger partial charge in [0.15, 0.2) is 0 Å². The van der Waals surface area contributed by atoms with Gasteiger partial charge in [-0.1, -0.05) is 87.3 Å². The van der Waals surface area contributed by atoms with Crippen LogP contribution in [-0.4, -0.2) is 44.5 Å². The van der Waals surface area contributed by atoms with E-state index in [1.54, 1.807) is 7.11 Å². The Kier molecular flexibility index (Phi) is 15.1. The molecule has 0 aliphatic carbocycles. The molecule has 0 atom stereocenters. The maximum absolute atomic E-state index is 13.4. The van der Waals surface area contributed by atoms with Crippen LogP contribution in [-0.2, 0) is 40.4 Å². The zero-order valence-corrected chi connectivity index (χ0v) is 30.3. The number of hydrogen-bond donors (Lipinski definition) is 2. The topological polar surface area (TPSA) is 107 Å². The molecule has 2 N–H and O–H groups in total. The lowest BCUT2D eigenvalue weighted by atomic mass is 10.1. The van der Waals surface area contributed by atoms with Crippen LogP contribution in [0.5, 0.6) is 11.5 Å². The van der Waals surface area contributed by atoms with Crippen molar-refractivity contribution in [3.05, 3.63) is 127 Å². The number of benzene rings is 4. The second-order valence-corrected chi connectivity index (χ2v) is 12.7. The van der Waals surface area contributed by atoms with E-state index in [4.69, 9.17) is 30.6 Å². The number of oxime groups is 1. The molecule has 4 aromatic rings. The minimum absolute atomic E-state index is 0.132. The van der Waals surface area contributed by atoms with Crippen molar-refractivity contribution in [1.29, 1.82) is 0 Å². The minimum atomic E-state index is -0.498. The van der Waals surface area contributed by atoms with Crippen molar-refractivity contribution in [2.45, 2.75) is 32.5 Å². The second kappa shape index (κ2) is 19.7. The third kappa shape index (κ3) is 12.5. The van der Waals surface area contributed by atoms with Crippen molar-refractivity contribution in [3.63, 3.8) is 0 Å². The predicted octanol–water partition coefficient (Wildman–Crippen LogP) is 8.04. The molecular formula is C36H36Br2ClN3O6. The smallest absolute Gasteiger partial charge is 0.407 e. The van der Waals surface area contributed by atoms with Gasteiger partial charge < -0.3 is 29.7 Å². The third-order valence-electron chi connectivity index (χ3n) is 6.93. The van der Waals surface area contributed by atoms with Crippen LogP contribution in [0.2, 0.25) is 5.02 Å². The molecule has 0 fully saturated rings. The lowest BCUT2D eigenvalue weighted by molar-refractivity contribution is -0.115. The van der Waals surface area contributed by atoms with Gasteiger partial charge in [-0.25, -0.2) is 4.79 Å². The van der Waals surface area contributed by atoms with Crippen LogP contribution >= 0.6 is 43.5 Å². The lowest BCUT2D eigenvalue weighted by Gasteiger charge is -2.16. The number of nitrogens with one attached hydrogen (secondary N) is 2. The van der Waals surface area contributed by atoms with Crippen LogP contribution in [0.3, 0.4) is 0 Å². The van der Waals surface area contributed by atoms with Crippen molar-refractivity contribution < 1.29 is 28.6 Å². The van der Waals surface area contributed by atoms with Crippen LogP contribution in [0.1, 0.15) is 28.7 Å². The van der Waals surface area contributed by atoms with Crippen LogP contribution < -0.4 is 20.1 Å². The van der Waals surface area contributed by atoms with Crippen LogP contribution in [0.25, 0.3) is 0 Å². The first-order chi connectivity index (χ1) is 23.3. The summed E-state index contributed by atoms with van der Waals surface area (Å²) < 4.78 is 18.1. The highest BCUT2D eigenvalue weighted by atomic mass is 79.9. The molecule has 0 radical (unpaired) electrons. The van der Waals surface area contributed by atoms with E-state index in [0.717, 1.165) is 26.9 Å². The van der Waals surface area contributed by atoms with Crippen molar-refractivity contribution in [3.8, 4) is 11.5 Å². The zero-order valence-electron chi connectivity index (χ0n) is 26.3. The molecule has 9 nitrogen and oxygen atoms in total. The molecule has 2 amide bonds. The average Bonchev–Trinajstić information content (AvgIpc) is 3.09. The maximum atomic E-state index is 13.4. The normalized spacial score (nSPS) is 11.0. The Labute approximate surface area is 302 Å². The van der Waals surface area contributed by atoms with E-state index in [-0.39, 0.29) is 31.3 Å². The summed E-state index contributed by atoms with van der Waals surface area (Å²) in [5.74, 6) is 0.926. The second-order valence-electron chi connectivity index (χ2n) is 10.5. The fraction of sp³-hybridized carbons (Fsp3) is 0.250. The Hall–Kier alpha value is -4.06. The summed E-state index contributed by atoms with van der Waals surface area (Å²) in [6, 6.07) is 28.1. The first kappa shape index (κ1) is 36.8. The molecular weight excluding hydrogens is 766 g/mol. The molecule has 12 heteroatoms. The van der Waals surface area contributed by atoms with E-state index in [1.807, 2.05) is 91.0 Å². The number of ether oxygens (including phenoxy) is 3. The predicted molar refractivity (Wildman–Crippen MR) is 194 cm³/mol. The Morgan fingerprint density at radius 2 is 1.54 bits per heavy atom. The summed E-state index contributed by atoms with van der Waals surface area (Å²) in [6.07, 6.45) is 0.779. The van der Waals surface area contributed by atoms with E-state index in [0.29, 0.717) is 53.3 Å². The summed E-state index contributed by atoms with van der Waals surface area (Å²) in [7, 11) is 1.60. The number of halogens is 3. The number of hydrogen-bond acceptors (Lipinski definition) is 7. The molecule has 0 unspecified atom stereocenters. The minimum Gasteiger partial charge on any atom is -0.497 e. The van der Waals surface area contributed by atoms with Gasteiger partial charge >= 0.3 is 6.09 Å². The summed E-state index contributed by atoms with van der Waals surface area (Å²) >= 11 is 13.1. The van der Waals surface area contributed by atoms with Crippen molar-refractivity contribution >= 4 is 61.2 Å². The first-order valence-electron chi connectivity index (χ1n) is 15.2. The van der Waals surface area contributed by atoms with Crippen molar-refractivity contribution in [2.24, 2.45) is 5.16 Å². The molecule has 0 heterocycles. The first-order valence-corrected chi connectivity index (χ1v) is 17.2. The van der Waals surface area contributed by atoms with E-state index < -0.39 is 6.09 Å². The fourth-order valence-corrected chi connectivity index (χ4v) is 5.99. The summed E-state index contributed by atoms with van der Waals surface area (Å²) in [5.41, 5.74) is 3.71. The molecule has 0 saturated carbocycles. The molecule has 48 heavy (non-hydrogen) atoms. The van der Waals surface area contributed by atoms with Crippen LogP contribution in [0.15, 0.2) is 105 Å². The van der Waals surface area contributed by atoms with Gasteiger partial charge in [-0.15, -0.1) is 0 Å². The monoisotopic (exact) mass is 799 g/mol. The number of rotatable bonds is 17. The number of carbonyl (C=O) groups is 2. The SMILES string of the molecule is COc1ccc(CO/N=C(\Cc2cc(Br)cc(Br)c2OCCCNC(=O)OCc2ccccc2)C(=O)NCCc2ccc(Cl)cc2)cc1. The van der Waals surface area contributed by atoms with Crippen molar-refractivity contribution in [1.82, 2.24) is 10.6 Å². The van der Waals surface area contributed by atoms with Gasteiger partial charge in [0.25, 0.3) is 5.91 Å². The molecule has 0 bridgehead atoms. The fourth-order valence-electron chi connectivity index (χ4n) is 4.43. The number of methoxy groups -OCH3 is 1. The van der Waals surface area contributed by atoms with Crippen LogP contribution in [0, 0.1) is 0 Å². The molecule has 0 aliphatic rings. The molecule has 0 spiro atoms. The van der Waals surface area contributed by atoms with Gasteiger partial charge in [0.05, 0.1) is 18.2 Å². The van der Waals surface area contributed by atoms with Crippen LogP contribution in [0.4, 0.5) is 4.79 Å². The molecule has 0 aliphatic heterocycles. The largest absolute Gasteiger partial charge is 0.497 e. The van der Waals surface area contributed by atoms with Gasteiger partial charge in [0, 0.05) is 34.6 Å². The van der Waals surface area contributed by atoms with Crippen molar-refractivity contribution in [2.75, 3.05) is 26.8 Å². The van der Waals surface area contributed by atoms with E-state index in [2.05, 4.69) is 47.6 Å². The van der Waals surface area contributed by atoms with Gasteiger partial charge in [-0.2, -0.15) is 0 Å². The number of carbonyl (C=O) groups excluding carboxylic acids is 2. The maximum Gasteiger partial charge on any atom is 0.407 e. The number of alkyl carbamates (subject to hydrolysis) is 1. The number of nitrogens with zero attached hydrogens (tertiary/aromatic N) is 1. The Morgan fingerprint density at radius 1 is 0.833 bits per heavy atom. The summed E-state index contributed by atoms with van der Waals surface area (Å²) in [4.78, 5) is 31.2. The van der Waals surface area contributed by atoms with E-state index >= 15 is 0 Å². The zero-order chi connectivity index (χ0) is 34.1. The average molecular weight is 802 g/mol. The van der Waals surface area contributed by atoms with Gasteiger partial charge in [-0.3, -0.25) is 4.79 Å². The molecule has 0 saturated heterocycles. The highest BCUT2D eigenvalue weighted by Crippen LogP contribution is 2.34. The lowest BCUT2D eigenvalue weighted by Crippen LogP contribution is -2.34. The van der Waals surface area contributed by atoms with Gasteiger partial charge in [0.2, 0.25) is 0 Å².